The van der Waals surface area contributed by atoms with E-state index in [1.54, 1.807) is 0 Å². The maximum atomic E-state index is 13.8. The van der Waals surface area contributed by atoms with Gasteiger partial charge in [-0.3, -0.25) is 9.48 Å². The number of carbonyl (C=O) groups is 1. The Morgan fingerprint density at radius 1 is 1.07 bits per heavy atom. The van der Waals surface area contributed by atoms with Gasteiger partial charge in [-0.2, -0.15) is 5.10 Å². The lowest BCUT2D eigenvalue weighted by Crippen LogP contribution is -2.42. The van der Waals surface area contributed by atoms with Crippen LogP contribution in [0.2, 0.25) is 0 Å². The molecule has 2 aliphatic heterocycles. The summed E-state index contributed by atoms with van der Waals surface area (Å²) in [6.07, 6.45) is 8.90. The highest BCUT2D eigenvalue weighted by molar-refractivity contribution is 6.06. The van der Waals surface area contributed by atoms with Crippen LogP contribution in [0.5, 0.6) is 0 Å². The highest BCUT2D eigenvalue weighted by Gasteiger charge is 2.44. The smallest absolute Gasteiger partial charge is 0.254 e. The van der Waals surface area contributed by atoms with Crippen molar-refractivity contribution in [3.8, 4) is 0 Å². The molecule has 3 saturated carbocycles. The number of rotatable bonds is 2. The predicted molar refractivity (Wildman–Crippen MR) is 104 cm³/mol. The van der Waals surface area contributed by atoms with Crippen LogP contribution in [-0.4, -0.2) is 38.2 Å². The Labute approximate surface area is 160 Å². The highest BCUT2D eigenvalue weighted by Crippen LogP contribution is 2.48. The van der Waals surface area contributed by atoms with Crippen LogP contribution in [0.3, 0.4) is 0 Å². The van der Waals surface area contributed by atoms with Crippen molar-refractivity contribution in [3.05, 3.63) is 23.0 Å². The highest BCUT2D eigenvalue weighted by atomic mass is 16.2. The van der Waals surface area contributed by atoms with Gasteiger partial charge >= 0.3 is 0 Å². The van der Waals surface area contributed by atoms with Crippen molar-refractivity contribution >= 4 is 16.9 Å². The summed E-state index contributed by atoms with van der Waals surface area (Å²) in [5.74, 6) is 3.18. The molecule has 7 rings (SSSR count). The molecular formula is C22H28N4O. The third-order valence-corrected chi connectivity index (χ3v) is 7.58. The molecule has 4 bridgehead atoms. The Morgan fingerprint density at radius 3 is 2.48 bits per heavy atom. The van der Waals surface area contributed by atoms with Crippen molar-refractivity contribution in [2.75, 3.05) is 6.54 Å². The third-order valence-electron chi connectivity index (χ3n) is 7.58. The van der Waals surface area contributed by atoms with Crippen LogP contribution in [0.15, 0.2) is 6.07 Å². The Balaban J connectivity index is 1.46. The first-order valence-electron chi connectivity index (χ1n) is 10.7. The molecule has 2 aromatic rings. The van der Waals surface area contributed by atoms with Gasteiger partial charge in [-0.15, -0.1) is 0 Å². The molecule has 3 aliphatic carbocycles. The molecule has 2 aromatic heterocycles. The van der Waals surface area contributed by atoms with Crippen LogP contribution in [0.4, 0.5) is 0 Å². The molecule has 142 valence electrons. The number of hydrogen-bond donors (Lipinski definition) is 0. The predicted octanol–water partition coefficient (Wildman–Crippen LogP) is 3.80. The Hall–Kier alpha value is -1.91. The van der Waals surface area contributed by atoms with E-state index in [0.29, 0.717) is 17.9 Å². The summed E-state index contributed by atoms with van der Waals surface area (Å²) in [5.41, 5.74) is 3.75. The summed E-state index contributed by atoms with van der Waals surface area (Å²) >= 11 is 0. The fourth-order valence-electron chi connectivity index (χ4n) is 6.41. The van der Waals surface area contributed by atoms with E-state index in [2.05, 4.69) is 16.1 Å². The minimum Gasteiger partial charge on any atom is -0.335 e. The number of pyridine rings is 1. The van der Waals surface area contributed by atoms with E-state index in [0.717, 1.165) is 46.4 Å². The zero-order valence-electron chi connectivity index (χ0n) is 16.3. The minimum absolute atomic E-state index is 0.235. The molecule has 2 atom stereocenters. The molecule has 0 aromatic carbocycles. The molecular weight excluding hydrogens is 336 g/mol. The summed E-state index contributed by atoms with van der Waals surface area (Å²) < 4.78 is 1.85. The van der Waals surface area contributed by atoms with E-state index in [1.165, 1.54) is 44.9 Å². The second-order valence-corrected chi connectivity index (χ2v) is 9.66. The minimum atomic E-state index is 0.235. The van der Waals surface area contributed by atoms with Gasteiger partial charge in [0.15, 0.2) is 5.65 Å². The second-order valence-electron chi connectivity index (χ2n) is 9.66. The largest absolute Gasteiger partial charge is 0.335 e. The van der Waals surface area contributed by atoms with Gasteiger partial charge in [0.1, 0.15) is 0 Å². The third kappa shape index (κ3) is 2.46. The number of nitrogens with zero attached hydrogens (tertiary/aromatic N) is 4. The molecule has 4 heterocycles. The fraction of sp³-hybridized carbons (Fsp3) is 0.682. The van der Waals surface area contributed by atoms with Gasteiger partial charge in [0.2, 0.25) is 0 Å². The van der Waals surface area contributed by atoms with Crippen molar-refractivity contribution in [2.45, 2.75) is 63.8 Å². The maximum Gasteiger partial charge on any atom is 0.254 e. The van der Waals surface area contributed by atoms with Crippen LogP contribution >= 0.6 is 0 Å². The van der Waals surface area contributed by atoms with Gasteiger partial charge in [0.05, 0.1) is 16.6 Å². The van der Waals surface area contributed by atoms with Gasteiger partial charge in [0, 0.05) is 31.2 Å². The molecule has 5 heteroatoms. The molecule has 1 amide bonds. The van der Waals surface area contributed by atoms with Gasteiger partial charge in [-0.05, 0) is 75.7 Å². The average molecular weight is 364 g/mol. The van der Waals surface area contributed by atoms with E-state index in [-0.39, 0.29) is 5.91 Å². The molecule has 5 aliphatic rings. The topological polar surface area (TPSA) is 51.0 Å². The van der Waals surface area contributed by atoms with Gasteiger partial charge < -0.3 is 4.90 Å². The molecule has 2 saturated heterocycles. The summed E-state index contributed by atoms with van der Waals surface area (Å²) in [6, 6.07) is 2.55. The van der Waals surface area contributed by atoms with E-state index in [1.807, 2.05) is 18.7 Å². The number of amides is 1. The fourth-order valence-corrected chi connectivity index (χ4v) is 6.41. The van der Waals surface area contributed by atoms with Gasteiger partial charge in [-0.25, -0.2) is 4.98 Å². The van der Waals surface area contributed by atoms with Crippen LogP contribution in [-0.2, 0) is 7.05 Å². The molecule has 0 N–H and O–H groups in total. The van der Waals surface area contributed by atoms with Crippen molar-refractivity contribution in [1.29, 1.82) is 0 Å². The SMILES string of the molecule is Cc1nn(C)c2nc(C3CC3)cc(C(=O)N3CC4CC5CC(C4)CC3C5)c12. The van der Waals surface area contributed by atoms with E-state index in [9.17, 15) is 4.79 Å². The number of fused-ring (bicyclic) bond motifs is 2. The molecule has 5 fully saturated rings. The van der Waals surface area contributed by atoms with E-state index < -0.39 is 0 Å². The zero-order chi connectivity index (χ0) is 18.3. The van der Waals surface area contributed by atoms with Crippen LogP contribution in [0.1, 0.15) is 72.6 Å². The summed E-state index contributed by atoms with van der Waals surface area (Å²) in [5, 5.41) is 5.56. The standard InChI is InChI=1S/C22H28N4O/c1-12-20-18(10-19(16-3-4-16)23-21(20)25(2)24-12)22(27)26-11-15-6-13-5-14(7-15)9-17(26)8-13/h10,13-17H,3-9,11H2,1-2H3. The number of carbonyl (C=O) groups excluding carboxylic acids is 1. The first-order valence-corrected chi connectivity index (χ1v) is 10.7. The number of hydrogen-bond acceptors (Lipinski definition) is 3. The Bertz CT molecular complexity index is 929. The van der Waals surface area contributed by atoms with Crippen LogP contribution in [0, 0.1) is 24.7 Å². The summed E-state index contributed by atoms with van der Waals surface area (Å²) in [4.78, 5) is 21.0. The molecule has 0 spiro atoms. The molecule has 2 unspecified atom stereocenters. The molecule has 5 nitrogen and oxygen atoms in total. The van der Waals surface area contributed by atoms with Crippen LogP contribution < -0.4 is 0 Å². The first kappa shape index (κ1) is 16.1. The van der Waals surface area contributed by atoms with E-state index in [4.69, 9.17) is 4.98 Å². The monoisotopic (exact) mass is 364 g/mol. The Kier molecular flexibility index (Phi) is 3.31. The summed E-state index contributed by atoms with van der Waals surface area (Å²) in [6.45, 7) is 2.96. The summed E-state index contributed by atoms with van der Waals surface area (Å²) in [7, 11) is 1.94. The lowest BCUT2D eigenvalue weighted by Gasteiger charge is -2.39. The Morgan fingerprint density at radius 2 is 1.78 bits per heavy atom. The van der Waals surface area contributed by atoms with Crippen molar-refractivity contribution in [1.82, 2.24) is 19.7 Å². The molecule has 27 heavy (non-hydrogen) atoms. The van der Waals surface area contributed by atoms with Gasteiger partial charge in [0.25, 0.3) is 5.91 Å². The van der Waals surface area contributed by atoms with Crippen LogP contribution in [0.25, 0.3) is 11.0 Å². The second kappa shape index (κ2) is 5.55. The average Bonchev–Trinajstić information content (AvgIpc) is 3.46. The van der Waals surface area contributed by atoms with Crippen molar-refractivity contribution in [3.63, 3.8) is 0 Å². The zero-order valence-corrected chi connectivity index (χ0v) is 16.3. The van der Waals surface area contributed by atoms with E-state index >= 15 is 0 Å². The normalized spacial score (nSPS) is 32.3. The molecule has 0 radical (unpaired) electrons. The van der Waals surface area contributed by atoms with Crippen molar-refractivity contribution < 1.29 is 4.79 Å². The number of aromatic nitrogens is 3. The lowest BCUT2D eigenvalue weighted by molar-refractivity contribution is 0.0634. The van der Waals surface area contributed by atoms with Crippen molar-refractivity contribution in [2.24, 2.45) is 24.8 Å². The first-order chi connectivity index (χ1) is 13.1. The number of aryl methyl sites for hydroxylation is 2. The lowest BCUT2D eigenvalue weighted by atomic mass is 9.68. The quantitative estimate of drug-likeness (QED) is 0.814. The van der Waals surface area contributed by atoms with Gasteiger partial charge in [-0.1, -0.05) is 0 Å². The maximum absolute atomic E-state index is 13.8.